The monoisotopic (exact) mass is 497 g/mol. The summed E-state index contributed by atoms with van der Waals surface area (Å²) in [5.41, 5.74) is 2.79. The molecule has 0 radical (unpaired) electrons. The molecule has 11 heteroatoms. The van der Waals surface area contributed by atoms with Crippen LogP contribution in [-0.4, -0.2) is 58.8 Å². The normalized spacial score (nSPS) is 17.0. The second-order valence-electron chi connectivity index (χ2n) is 8.61. The summed E-state index contributed by atoms with van der Waals surface area (Å²) in [6.45, 7) is 1.44. The molecule has 0 saturated heterocycles. The van der Waals surface area contributed by atoms with E-state index in [1.165, 1.54) is 13.3 Å². The first kappa shape index (κ1) is 23.9. The van der Waals surface area contributed by atoms with Crippen LogP contribution >= 0.6 is 0 Å². The van der Waals surface area contributed by atoms with Crippen LogP contribution in [0.5, 0.6) is 0 Å². The van der Waals surface area contributed by atoms with Gasteiger partial charge in [-0.25, -0.2) is 34.3 Å². The topological polar surface area (TPSA) is 145 Å². The van der Waals surface area contributed by atoms with Gasteiger partial charge < -0.3 is 15.2 Å². The Balaban J connectivity index is 1.28. The summed E-state index contributed by atoms with van der Waals surface area (Å²) < 4.78 is 6.36. The highest BCUT2D eigenvalue weighted by Gasteiger charge is 2.23. The highest BCUT2D eigenvalue weighted by Crippen LogP contribution is 2.24. The van der Waals surface area contributed by atoms with Crippen LogP contribution in [0.1, 0.15) is 43.9 Å². The number of carboxylic acid groups (broad SMARTS) is 1. The summed E-state index contributed by atoms with van der Waals surface area (Å²) in [7, 11) is 0. The van der Waals surface area contributed by atoms with E-state index in [2.05, 4.69) is 42.1 Å². The molecule has 1 aliphatic carbocycles. The molecule has 3 heterocycles. The SMILES string of the molecule is CC(=O)OC1CCC(Nc2nccc(-c3nccc(C#Cc4ccc5c(c4)ncn5C(=O)O)n3)n2)CC1. The molecule has 186 valence electrons. The van der Waals surface area contributed by atoms with Crippen molar-refractivity contribution in [1.82, 2.24) is 29.5 Å². The van der Waals surface area contributed by atoms with Crippen molar-refractivity contribution in [2.45, 2.75) is 44.8 Å². The number of carbonyl (C=O) groups is 2. The third-order valence-electron chi connectivity index (χ3n) is 5.97. The van der Waals surface area contributed by atoms with E-state index in [4.69, 9.17) is 4.74 Å². The van der Waals surface area contributed by atoms with E-state index in [1.807, 2.05) is 0 Å². The largest absolute Gasteiger partial charge is 0.464 e. The van der Waals surface area contributed by atoms with Crippen LogP contribution in [0.15, 0.2) is 49.1 Å². The van der Waals surface area contributed by atoms with Crippen molar-refractivity contribution in [2.75, 3.05) is 5.32 Å². The number of hydrogen-bond donors (Lipinski definition) is 2. The van der Waals surface area contributed by atoms with Gasteiger partial charge in [0.1, 0.15) is 23.8 Å². The zero-order chi connectivity index (χ0) is 25.8. The fourth-order valence-corrected chi connectivity index (χ4v) is 4.23. The molecule has 1 saturated carbocycles. The van der Waals surface area contributed by atoms with E-state index in [9.17, 15) is 14.7 Å². The van der Waals surface area contributed by atoms with Gasteiger partial charge in [-0.3, -0.25) is 4.79 Å². The van der Waals surface area contributed by atoms with E-state index in [1.54, 1.807) is 42.7 Å². The lowest BCUT2D eigenvalue weighted by molar-refractivity contribution is -0.147. The summed E-state index contributed by atoms with van der Waals surface area (Å²) in [5.74, 6) is 6.72. The molecule has 1 aromatic carbocycles. The van der Waals surface area contributed by atoms with E-state index >= 15 is 0 Å². The van der Waals surface area contributed by atoms with E-state index in [0.717, 1.165) is 30.3 Å². The molecule has 0 bridgehead atoms. The van der Waals surface area contributed by atoms with E-state index in [0.29, 0.717) is 39.8 Å². The maximum absolute atomic E-state index is 11.2. The van der Waals surface area contributed by atoms with Crippen molar-refractivity contribution in [1.29, 1.82) is 0 Å². The van der Waals surface area contributed by atoms with Crippen molar-refractivity contribution < 1.29 is 19.4 Å². The maximum atomic E-state index is 11.2. The number of aromatic nitrogens is 6. The summed E-state index contributed by atoms with van der Waals surface area (Å²) >= 11 is 0. The number of anilines is 1. The third-order valence-corrected chi connectivity index (χ3v) is 5.97. The van der Waals surface area contributed by atoms with Gasteiger partial charge in [-0.2, -0.15) is 0 Å². The van der Waals surface area contributed by atoms with Crippen molar-refractivity contribution in [3.63, 3.8) is 0 Å². The molecule has 2 N–H and O–H groups in total. The summed E-state index contributed by atoms with van der Waals surface area (Å²) in [4.78, 5) is 44.3. The quantitative estimate of drug-likeness (QED) is 0.317. The Kier molecular flexibility index (Phi) is 6.72. The number of fused-ring (bicyclic) bond motifs is 1. The molecular formula is C26H23N7O4. The number of nitrogens with one attached hydrogen (secondary N) is 1. The minimum absolute atomic E-state index is 0.0241. The maximum Gasteiger partial charge on any atom is 0.417 e. The van der Waals surface area contributed by atoms with Gasteiger partial charge in [0.25, 0.3) is 0 Å². The number of hydrogen-bond acceptors (Lipinski definition) is 9. The molecule has 1 aliphatic rings. The molecule has 4 aromatic rings. The first-order chi connectivity index (χ1) is 17.9. The zero-order valence-corrected chi connectivity index (χ0v) is 20.0. The summed E-state index contributed by atoms with van der Waals surface area (Å²) in [5, 5.41) is 12.6. The Hall–Kier alpha value is -4.85. The highest BCUT2D eigenvalue weighted by molar-refractivity contribution is 5.86. The van der Waals surface area contributed by atoms with Crippen LogP contribution in [0.4, 0.5) is 10.7 Å². The lowest BCUT2D eigenvalue weighted by atomic mass is 9.93. The van der Waals surface area contributed by atoms with E-state index < -0.39 is 6.09 Å². The fraction of sp³-hybridized carbons (Fsp3) is 0.269. The zero-order valence-electron chi connectivity index (χ0n) is 20.0. The molecule has 0 atom stereocenters. The number of imidazole rings is 1. The average molecular weight is 498 g/mol. The van der Waals surface area contributed by atoms with Gasteiger partial charge in [0.05, 0.1) is 11.0 Å². The Morgan fingerprint density at radius 1 is 1.03 bits per heavy atom. The molecule has 0 amide bonds. The fourth-order valence-electron chi connectivity index (χ4n) is 4.23. The molecule has 0 unspecified atom stereocenters. The van der Waals surface area contributed by atoms with Crippen LogP contribution in [-0.2, 0) is 9.53 Å². The number of ether oxygens (including phenoxy) is 1. The predicted molar refractivity (Wildman–Crippen MR) is 134 cm³/mol. The molecule has 3 aromatic heterocycles. The summed E-state index contributed by atoms with van der Waals surface area (Å²) in [6, 6.07) is 8.77. The van der Waals surface area contributed by atoms with Crippen molar-refractivity contribution in [3.8, 4) is 23.4 Å². The number of carbonyl (C=O) groups excluding carboxylic acids is 1. The Bertz CT molecular complexity index is 1530. The Morgan fingerprint density at radius 2 is 1.84 bits per heavy atom. The van der Waals surface area contributed by atoms with Crippen molar-refractivity contribution >= 4 is 29.0 Å². The average Bonchev–Trinajstić information content (AvgIpc) is 3.32. The molecule has 5 rings (SSSR count). The van der Waals surface area contributed by atoms with Gasteiger partial charge in [0.2, 0.25) is 5.95 Å². The minimum Gasteiger partial charge on any atom is -0.464 e. The van der Waals surface area contributed by atoms with Crippen LogP contribution in [0, 0.1) is 11.8 Å². The number of rotatable bonds is 4. The van der Waals surface area contributed by atoms with Gasteiger partial charge in [-0.15, -0.1) is 0 Å². The van der Waals surface area contributed by atoms with Crippen LogP contribution < -0.4 is 5.32 Å². The number of esters is 1. The first-order valence-electron chi connectivity index (χ1n) is 11.8. The Labute approximate surface area is 212 Å². The summed E-state index contributed by atoms with van der Waals surface area (Å²) in [6.07, 6.45) is 6.74. The van der Waals surface area contributed by atoms with Crippen molar-refractivity contribution in [3.05, 3.63) is 60.3 Å². The molecular weight excluding hydrogens is 474 g/mol. The second-order valence-corrected chi connectivity index (χ2v) is 8.61. The number of benzene rings is 1. The smallest absolute Gasteiger partial charge is 0.417 e. The van der Waals surface area contributed by atoms with Crippen molar-refractivity contribution in [2.24, 2.45) is 0 Å². The molecule has 0 spiro atoms. The third kappa shape index (κ3) is 5.70. The van der Waals surface area contributed by atoms with Gasteiger partial charge >= 0.3 is 12.1 Å². The van der Waals surface area contributed by atoms with Gasteiger partial charge in [0.15, 0.2) is 5.82 Å². The molecule has 0 aliphatic heterocycles. The van der Waals surface area contributed by atoms with E-state index in [-0.39, 0.29) is 18.1 Å². The minimum atomic E-state index is -1.09. The van der Waals surface area contributed by atoms with Crippen LogP contribution in [0.3, 0.4) is 0 Å². The molecule has 37 heavy (non-hydrogen) atoms. The Morgan fingerprint density at radius 3 is 2.62 bits per heavy atom. The van der Waals surface area contributed by atoms with Gasteiger partial charge in [-0.1, -0.05) is 5.92 Å². The van der Waals surface area contributed by atoms with Crippen LogP contribution in [0.25, 0.3) is 22.6 Å². The molecule has 11 nitrogen and oxygen atoms in total. The first-order valence-corrected chi connectivity index (χ1v) is 11.8. The number of nitrogens with zero attached hydrogens (tertiary/aromatic N) is 6. The predicted octanol–water partition coefficient (Wildman–Crippen LogP) is 3.50. The lowest BCUT2D eigenvalue weighted by Gasteiger charge is -2.28. The van der Waals surface area contributed by atoms with Gasteiger partial charge in [0, 0.05) is 30.9 Å². The highest BCUT2D eigenvalue weighted by atomic mass is 16.5. The van der Waals surface area contributed by atoms with Crippen LogP contribution in [0.2, 0.25) is 0 Å². The lowest BCUT2D eigenvalue weighted by Crippen LogP contribution is -2.31. The van der Waals surface area contributed by atoms with Gasteiger partial charge in [-0.05, 0) is 61.9 Å². The molecule has 1 fully saturated rings. The second kappa shape index (κ2) is 10.4. The standard InChI is InChI=1S/C26H23N7O4/c1-16(34)37-20-7-5-18(6-8-20)31-25-28-13-11-21(32-25)24-27-12-10-19(30-24)4-2-17-3-9-23-22(14-17)29-15-33(23)26(35)36/h3,9-15,18,20H,5-8H2,1H3,(H,35,36)(H,28,31,32).